The Labute approximate surface area is 198 Å². The van der Waals surface area contributed by atoms with Crippen LogP contribution < -0.4 is 5.48 Å². The molecule has 2 aromatic carbocycles. The fourth-order valence-corrected chi connectivity index (χ4v) is 4.03. The van der Waals surface area contributed by atoms with Crippen molar-refractivity contribution in [3.8, 4) is 11.4 Å². The lowest BCUT2D eigenvalue weighted by molar-refractivity contribution is -0.269. The van der Waals surface area contributed by atoms with Crippen LogP contribution in [0.1, 0.15) is 22.6 Å². The summed E-state index contributed by atoms with van der Waals surface area (Å²) in [7, 11) is 0. The van der Waals surface area contributed by atoms with Gasteiger partial charge in [0, 0.05) is 33.7 Å². The van der Waals surface area contributed by atoms with Crippen molar-refractivity contribution in [2.24, 2.45) is 0 Å². The highest BCUT2D eigenvalue weighted by atomic mass is 35.5. The highest BCUT2D eigenvalue weighted by Crippen LogP contribution is 2.48. The van der Waals surface area contributed by atoms with Crippen molar-refractivity contribution in [2.75, 3.05) is 0 Å². The minimum Gasteiger partial charge on any atom is -0.339 e. The van der Waals surface area contributed by atoms with Gasteiger partial charge in [0.25, 0.3) is 0 Å². The maximum atomic E-state index is 14.2. The number of aromatic nitrogens is 2. The highest BCUT2D eigenvalue weighted by molar-refractivity contribution is 6.34. The van der Waals surface area contributed by atoms with Gasteiger partial charge in [0.1, 0.15) is 0 Å². The van der Waals surface area contributed by atoms with Crippen LogP contribution >= 0.6 is 23.2 Å². The summed E-state index contributed by atoms with van der Waals surface area (Å²) < 4.78 is 87.1. The second-order valence-electron chi connectivity index (χ2n) is 7.45. The smallest absolute Gasteiger partial charge is 0.339 e. The molecule has 3 aromatic rings. The molecule has 1 aliphatic rings. The first-order valence-electron chi connectivity index (χ1n) is 9.48. The van der Waals surface area contributed by atoms with Gasteiger partial charge in [-0.25, -0.2) is 0 Å². The van der Waals surface area contributed by atoms with Crippen LogP contribution in [0.15, 0.2) is 47.0 Å². The molecule has 13 heteroatoms. The number of hydrogen-bond acceptors (Lipinski definition) is 5. The average Bonchev–Trinajstić information content (AvgIpc) is 3.33. The Morgan fingerprint density at radius 1 is 1.00 bits per heavy atom. The van der Waals surface area contributed by atoms with E-state index in [0.717, 1.165) is 24.3 Å². The SMILES string of the molecule is Cc1nc(-c2ccc(C3=CC(c4cc(Cl)cc(Cl)c4)(C(F)(F)F)ON3)cc2CC(F)(F)F)no1. The van der Waals surface area contributed by atoms with Crippen molar-refractivity contribution in [3.05, 3.63) is 75.1 Å². The molecule has 1 aliphatic heterocycles. The van der Waals surface area contributed by atoms with E-state index in [1.165, 1.54) is 25.1 Å². The van der Waals surface area contributed by atoms with Gasteiger partial charge in [-0.3, -0.25) is 10.3 Å². The third kappa shape index (κ3) is 4.73. The van der Waals surface area contributed by atoms with Gasteiger partial charge in [-0.15, -0.1) is 0 Å². The maximum absolute atomic E-state index is 14.2. The molecular weight excluding hydrogens is 511 g/mol. The number of nitrogens with zero attached hydrogens (tertiary/aromatic N) is 2. The molecule has 0 aliphatic carbocycles. The highest BCUT2D eigenvalue weighted by Gasteiger charge is 2.59. The molecular formula is C21H13Cl2F6N3O2. The molecule has 0 radical (unpaired) electrons. The van der Waals surface area contributed by atoms with Gasteiger partial charge in [0.15, 0.2) is 0 Å². The normalized spacial score (nSPS) is 18.7. The van der Waals surface area contributed by atoms with E-state index in [4.69, 9.17) is 32.6 Å². The van der Waals surface area contributed by atoms with Crippen molar-refractivity contribution >= 4 is 28.9 Å². The second kappa shape index (κ2) is 8.47. The lowest BCUT2D eigenvalue weighted by Crippen LogP contribution is -2.42. The van der Waals surface area contributed by atoms with Gasteiger partial charge >= 0.3 is 12.4 Å². The van der Waals surface area contributed by atoms with Crippen molar-refractivity contribution in [2.45, 2.75) is 31.3 Å². The van der Waals surface area contributed by atoms with Crippen LogP contribution in [-0.2, 0) is 16.9 Å². The molecule has 0 spiro atoms. The number of rotatable bonds is 4. The van der Waals surface area contributed by atoms with Gasteiger partial charge in [0.05, 0.1) is 12.1 Å². The van der Waals surface area contributed by atoms with E-state index in [-0.39, 0.29) is 44.1 Å². The molecule has 0 fully saturated rings. The Hall–Kier alpha value is -2.76. The Balaban J connectivity index is 1.83. The first-order chi connectivity index (χ1) is 15.8. The zero-order valence-corrected chi connectivity index (χ0v) is 18.5. The first kappa shape index (κ1) is 24.4. The molecule has 4 rings (SSSR count). The molecule has 1 atom stereocenters. The summed E-state index contributed by atoms with van der Waals surface area (Å²) in [6, 6.07) is 7.02. The summed E-state index contributed by atoms with van der Waals surface area (Å²) in [6.45, 7) is 1.47. The van der Waals surface area contributed by atoms with Gasteiger partial charge in [0.2, 0.25) is 17.3 Å². The Kier molecular flexibility index (Phi) is 6.07. The van der Waals surface area contributed by atoms with Gasteiger partial charge in [-0.05, 0) is 35.9 Å². The Morgan fingerprint density at radius 3 is 2.24 bits per heavy atom. The Bertz CT molecular complexity index is 1250. The van der Waals surface area contributed by atoms with Crippen LogP contribution in [0, 0.1) is 6.92 Å². The largest absolute Gasteiger partial charge is 0.428 e. The molecule has 5 nitrogen and oxygen atoms in total. The van der Waals surface area contributed by atoms with Crippen LogP contribution in [0.2, 0.25) is 10.0 Å². The van der Waals surface area contributed by atoms with E-state index in [2.05, 4.69) is 15.6 Å². The molecule has 1 aromatic heterocycles. The number of halogens is 8. The summed E-state index contributed by atoms with van der Waals surface area (Å²) in [4.78, 5) is 8.92. The van der Waals surface area contributed by atoms with E-state index in [9.17, 15) is 26.3 Å². The standard InChI is InChI=1S/C21H13Cl2F6N3O2/c1-10-30-18(32-33-10)16-3-2-11(4-12(16)8-20(24,25)26)17-9-19(34-31-17,21(27,28)29)13-5-14(22)7-15(23)6-13/h2-7,9,31H,8H2,1H3. The van der Waals surface area contributed by atoms with Crippen LogP contribution in [0.25, 0.3) is 17.1 Å². The summed E-state index contributed by atoms with van der Waals surface area (Å²) in [6.07, 6.45) is -10.2. The average molecular weight is 524 g/mol. The van der Waals surface area contributed by atoms with E-state index in [1.54, 1.807) is 0 Å². The summed E-state index contributed by atoms with van der Waals surface area (Å²) in [5.74, 6) is 0.0619. The predicted octanol–water partition coefficient (Wildman–Crippen LogP) is 6.79. The number of aryl methyl sites for hydroxylation is 1. The number of hydroxylamine groups is 1. The third-order valence-corrected chi connectivity index (χ3v) is 5.39. The summed E-state index contributed by atoms with van der Waals surface area (Å²) in [5.41, 5.74) is -1.62. The number of benzene rings is 2. The van der Waals surface area contributed by atoms with E-state index < -0.39 is 29.9 Å². The van der Waals surface area contributed by atoms with Crippen molar-refractivity contribution in [1.82, 2.24) is 15.6 Å². The third-order valence-electron chi connectivity index (χ3n) is 4.96. The molecule has 180 valence electrons. The van der Waals surface area contributed by atoms with E-state index >= 15 is 0 Å². The fourth-order valence-electron chi connectivity index (χ4n) is 3.50. The fraction of sp³-hybridized carbons (Fsp3) is 0.238. The lowest BCUT2D eigenvalue weighted by atomic mass is 9.91. The minimum atomic E-state index is -4.97. The monoisotopic (exact) mass is 523 g/mol. The molecule has 0 amide bonds. The second-order valence-corrected chi connectivity index (χ2v) is 8.33. The number of alkyl halides is 6. The zero-order valence-electron chi connectivity index (χ0n) is 17.0. The maximum Gasteiger partial charge on any atom is 0.428 e. The molecule has 0 bridgehead atoms. The minimum absolute atomic E-state index is 0.0162. The van der Waals surface area contributed by atoms with Crippen LogP contribution in [0.5, 0.6) is 0 Å². The molecule has 34 heavy (non-hydrogen) atoms. The van der Waals surface area contributed by atoms with E-state index in [0.29, 0.717) is 0 Å². The quantitative estimate of drug-likeness (QED) is 0.381. The van der Waals surface area contributed by atoms with Crippen molar-refractivity contribution in [3.63, 3.8) is 0 Å². The van der Waals surface area contributed by atoms with Crippen LogP contribution in [-0.4, -0.2) is 22.5 Å². The van der Waals surface area contributed by atoms with Crippen LogP contribution in [0.4, 0.5) is 26.3 Å². The topological polar surface area (TPSA) is 60.2 Å². The summed E-state index contributed by atoms with van der Waals surface area (Å²) in [5, 5.41) is 3.53. The van der Waals surface area contributed by atoms with E-state index in [1.807, 2.05) is 0 Å². The van der Waals surface area contributed by atoms with Gasteiger partial charge < -0.3 is 4.52 Å². The van der Waals surface area contributed by atoms with Gasteiger partial charge in [-0.2, -0.15) is 31.3 Å². The molecule has 1 unspecified atom stereocenters. The first-order valence-corrected chi connectivity index (χ1v) is 10.2. The molecule has 1 N–H and O–H groups in total. The molecule has 0 saturated carbocycles. The zero-order chi connectivity index (χ0) is 24.9. The number of nitrogens with one attached hydrogen (secondary N) is 1. The molecule has 0 saturated heterocycles. The summed E-state index contributed by atoms with van der Waals surface area (Å²) >= 11 is 11.8. The number of hydrogen-bond donors (Lipinski definition) is 1. The lowest BCUT2D eigenvalue weighted by Gasteiger charge is -2.28. The van der Waals surface area contributed by atoms with Gasteiger partial charge in [-0.1, -0.05) is 40.5 Å². The Morgan fingerprint density at radius 2 is 1.68 bits per heavy atom. The van der Waals surface area contributed by atoms with Crippen molar-refractivity contribution in [1.29, 1.82) is 0 Å². The van der Waals surface area contributed by atoms with Crippen molar-refractivity contribution < 1.29 is 35.7 Å². The molecule has 2 heterocycles. The van der Waals surface area contributed by atoms with Crippen LogP contribution in [0.3, 0.4) is 0 Å². The predicted molar refractivity (Wildman–Crippen MR) is 111 cm³/mol.